The number of unbranched alkanes of at least 4 members (excludes halogenated alkanes) is 51. The zero-order valence-electron chi connectivity index (χ0n) is 49.8. The fourth-order valence-corrected chi connectivity index (χ4v) is 10.8. The van der Waals surface area contributed by atoms with Gasteiger partial charge in [0, 0.05) is 18.7 Å². The van der Waals surface area contributed by atoms with Gasteiger partial charge in [-0.1, -0.05) is 348 Å². The van der Waals surface area contributed by atoms with Crippen molar-refractivity contribution in [2.24, 2.45) is 0 Å². The lowest BCUT2D eigenvalue weighted by Gasteiger charge is -2.14. The van der Waals surface area contributed by atoms with Gasteiger partial charge < -0.3 is 15.4 Å². The number of rotatable bonds is 60. The highest BCUT2D eigenvalue weighted by atomic mass is 16.5. The van der Waals surface area contributed by atoms with Gasteiger partial charge in [0.15, 0.2) is 0 Å². The van der Waals surface area contributed by atoms with E-state index in [1.807, 2.05) is 6.07 Å². The largest absolute Gasteiger partial charge is 0.493 e. The topological polar surface area (TPSA) is 67.4 Å². The first-order valence-electron chi connectivity index (χ1n) is 33.5. The number of amides is 2. The third-order valence-electron chi connectivity index (χ3n) is 15.9. The molecular weight excluding hydrogens is 893 g/mol. The molecule has 0 aliphatic heterocycles. The summed E-state index contributed by atoms with van der Waals surface area (Å²) in [6.45, 7) is 8.83. The SMILES string of the molecule is CCCCCCCCCCCCCCCCCCCCCNC(=O)c1ccc(C(=O)NCCCCCCCCCCCCCCCCCCCCC)c(OCCCCCCCCCCCCCCCCCC)c1. The van der Waals surface area contributed by atoms with E-state index in [0.717, 1.165) is 38.5 Å². The molecule has 0 atom stereocenters. The smallest absolute Gasteiger partial charge is 0.255 e. The van der Waals surface area contributed by atoms with Crippen molar-refractivity contribution < 1.29 is 14.3 Å². The molecule has 0 saturated carbocycles. The van der Waals surface area contributed by atoms with E-state index in [-0.39, 0.29) is 11.8 Å². The van der Waals surface area contributed by atoms with Crippen LogP contribution in [0.5, 0.6) is 5.75 Å². The molecule has 0 heterocycles. The van der Waals surface area contributed by atoms with Crippen LogP contribution in [0.4, 0.5) is 0 Å². The summed E-state index contributed by atoms with van der Waals surface area (Å²) >= 11 is 0. The Balaban J connectivity index is 2.33. The van der Waals surface area contributed by atoms with Gasteiger partial charge in [0.25, 0.3) is 11.8 Å². The molecule has 0 spiro atoms. The van der Waals surface area contributed by atoms with Gasteiger partial charge in [-0.3, -0.25) is 9.59 Å². The van der Waals surface area contributed by atoms with Crippen molar-refractivity contribution in [3.05, 3.63) is 29.3 Å². The molecule has 1 aromatic carbocycles. The molecule has 0 radical (unpaired) electrons. The van der Waals surface area contributed by atoms with E-state index in [4.69, 9.17) is 4.74 Å². The molecule has 428 valence electrons. The Morgan fingerprint density at radius 1 is 0.301 bits per heavy atom. The fraction of sp³-hybridized carbons (Fsp3) is 0.882. The lowest BCUT2D eigenvalue weighted by atomic mass is 10.0. The lowest BCUT2D eigenvalue weighted by molar-refractivity contribution is 0.0937. The van der Waals surface area contributed by atoms with Gasteiger partial charge in [-0.2, -0.15) is 0 Å². The third kappa shape index (κ3) is 48.1. The molecule has 0 bridgehead atoms. The molecule has 5 nitrogen and oxygen atoms in total. The Labute approximate surface area is 457 Å². The number of nitrogens with one attached hydrogen (secondary N) is 2. The van der Waals surface area contributed by atoms with E-state index in [9.17, 15) is 9.59 Å². The van der Waals surface area contributed by atoms with Gasteiger partial charge in [-0.25, -0.2) is 0 Å². The first-order valence-corrected chi connectivity index (χ1v) is 33.5. The van der Waals surface area contributed by atoms with Crippen molar-refractivity contribution in [2.75, 3.05) is 19.7 Å². The Morgan fingerprint density at radius 3 is 0.808 bits per heavy atom. The van der Waals surface area contributed by atoms with Crippen LogP contribution in [0.25, 0.3) is 0 Å². The molecule has 5 heteroatoms. The minimum atomic E-state index is -0.0922. The minimum Gasteiger partial charge on any atom is -0.493 e. The Kier molecular flexibility index (Phi) is 54.5. The number of ether oxygens (including phenoxy) is 1. The van der Waals surface area contributed by atoms with Crippen molar-refractivity contribution in [2.45, 2.75) is 367 Å². The Hall–Kier alpha value is -2.04. The fourth-order valence-electron chi connectivity index (χ4n) is 10.8. The molecule has 0 aliphatic rings. The minimum absolute atomic E-state index is 0.0734. The molecule has 73 heavy (non-hydrogen) atoms. The summed E-state index contributed by atoms with van der Waals surface area (Å²) in [7, 11) is 0. The highest BCUT2D eigenvalue weighted by Crippen LogP contribution is 2.23. The van der Waals surface area contributed by atoms with Crippen molar-refractivity contribution in [1.29, 1.82) is 0 Å². The zero-order valence-corrected chi connectivity index (χ0v) is 49.8. The van der Waals surface area contributed by atoms with Crippen molar-refractivity contribution in [3.8, 4) is 5.75 Å². The van der Waals surface area contributed by atoms with Gasteiger partial charge in [0.1, 0.15) is 5.75 Å². The molecule has 0 fully saturated rings. The van der Waals surface area contributed by atoms with E-state index in [2.05, 4.69) is 31.4 Å². The van der Waals surface area contributed by atoms with Crippen LogP contribution in [0.1, 0.15) is 388 Å². The average molecular weight is 1020 g/mol. The van der Waals surface area contributed by atoms with Gasteiger partial charge in [0.05, 0.1) is 12.2 Å². The molecule has 2 N–H and O–H groups in total. The van der Waals surface area contributed by atoms with Gasteiger partial charge in [-0.05, 0) is 37.5 Å². The quantitative estimate of drug-likeness (QED) is 0.0639. The van der Waals surface area contributed by atoms with Crippen molar-refractivity contribution >= 4 is 11.8 Å². The first-order chi connectivity index (χ1) is 36.1. The molecule has 0 unspecified atom stereocenters. The molecule has 0 saturated heterocycles. The number of carbonyl (C=O) groups excluding carboxylic acids is 2. The second-order valence-corrected chi connectivity index (χ2v) is 23.1. The van der Waals surface area contributed by atoms with Gasteiger partial charge in [0.2, 0.25) is 0 Å². The maximum atomic E-state index is 13.5. The Morgan fingerprint density at radius 2 is 0.534 bits per heavy atom. The molecular formula is C68H128N2O3. The third-order valence-corrected chi connectivity index (χ3v) is 15.9. The number of carbonyl (C=O) groups is 2. The highest BCUT2D eigenvalue weighted by molar-refractivity contribution is 6.00. The Bertz CT molecular complexity index is 1280. The van der Waals surface area contributed by atoms with Crippen LogP contribution in [0.15, 0.2) is 18.2 Å². The summed E-state index contributed by atoms with van der Waals surface area (Å²) in [6, 6.07) is 5.42. The van der Waals surface area contributed by atoms with Crippen LogP contribution in [-0.2, 0) is 0 Å². The van der Waals surface area contributed by atoms with Crippen LogP contribution < -0.4 is 15.4 Å². The lowest BCUT2D eigenvalue weighted by Crippen LogP contribution is -2.26. The normalized spacial score (nSPS) is 11.4. The van der Waals surface area contributed by atoms with E-state index >= 15 is 0 Å². The monoisotopic (exact) mass is 1020 g/mol. The number of hydrogen-bond acceptors (Lipinski definition) is 3. The molecule has 1 rings (SSSR count). The summed E-state index contributed by atoms with van der Waals surface area (Å²) in [4.78, 5) is 26.8. The zero-order chi connectivity index (χ0) is 52.4. The summed E-state index contributed by atoms with van der Waals surface area (Å²) in [5.41, 5.74) is 1.12. The predicted octanol–water partition coefficient (Wildman–Crippen LogP) is 22.7. The van der Waals surface area contributed by atoms with E-state index < -0.39 is 0 Å². The second kappa shape index (κ2) is 57.7. The molecule has 1 aromatic rings. The van der Waals surface area contributed by atoms with Crippen molar-refractivity contribution in [1.82, 2.24) is 10.6 Å². The van der Waals surface area contributed by atoms with Crippen LogP contribution >= 0.6 is 0 Å². The van der Waals surface area contributed by atoms with Gasteiger partial charge in [-0.15, -0.1) is 0 Å². The summed E-state index contributed by atoms with van der Waals surface area (Å²) in [5.74, 6) is 0.379. The highest BCUT2D eigenvalue weighted by Gasteiger charge is 2.16. The van der Waals surface area contributed by atoms with E-state index in [0.29, 0.717) is 36.6 Å². The van der Waals surface area contributed by atoms with E-state index in [1.54, 1.807) is 12.1 Å². The number of hydrogen-bond donors (Lipinski definition) is 2. The van der Waals surface area contributed by atoms with Crippen molar-refractivity contribution in [3.63, 3.8) is 0 Å². The predicted molar refractivity (Wildman–Crippen MR) is 323 cm³/mol. The maximum absolute atomic E-state index is 13.5. The van der Waals surface area contributed by atoms with Crippen LogP contribution in [0.2, 0.25) is 0 Å². The standard InChI is InChI=1S/C68H128N2O3/c1-4-7-10-13-16-19-22-25-28-31-33-35-37-40-43-46-49-52-55-60-69-67(71)64-58-59-65(66(63-64)73-62-57-54-51-48-45-42-39-30-27-24-21-18-15-12-9-6-3)68(72)70-61-56-53-50-47-44-41-38-36-34-32-29-26-23-20-17-14-11-8-5-2/h58-59,63H,4-57,60-62H2,1-3H3,(H,69,71)(H,70,72). The van der Waals surface area contributed by atoms with Gasteiger partial charge >= 0.3 is 0 Å². The van der Waals surface area contributed by atoms with E-state index in [1.165, 1.54) is 308 Å². The summed E-state index contributed by atoms with van der Waals surface area (Å²) in [5, 5.41) is 6.33. The second-order valence-electron chi connectivity index (χ2n) is 23.1. The summed E-state index contributed by atoms with van der Waals surface area (Å²) < 4.78 is 6.32. The molecule has 0 aromatic heterocycles. The maximum Gasteiger partial charge on any atom is 0.255 e. The van der Waals surface area contributed by atoms with Crippen LogP contribution in [0.3, 0.4) is 0 Å². The molecule has 2 amide bonds. The summed E-state index contributed by atoms with van der Waals surface area (Å²) in [6.07, 6.45) is 73.1. The average Bonchev–Trinajstić information content (AvgIpc) is 3.40. The number of benzene rings is 1. The van der Waals surface area contributed by atoms with Crippen LogP contribution in [-0.4, -0.2) is 31.5 Å². The first kappa shape index (κ1) is 69.0. The molecule has 0 aliphatic carbocycles. The van der Waals surface area contributed by atoms with Crippen LogP contribution in [0, 0.1) is 0 Å².